The summed E-state index contributed by atoms with van der Waals surface area (Å²) in [6.45, 7) is 20.1. The molecule has 33 heavy (non-hydrogen) atoms. The van der Waals surface area contributed by atoms with Crippen molar-refractivity contribution in [3.05, 3.63) is 28.8 Å². The standard InChI is InChI=1S/C21H33N3O5.2C2H6/c1-12(2)18(24-20(28)29-21(5,6)7)19(27)22-10-17(26)23-16-9-13(3)15(11-25)8-14(16)4;2*1-2/h8-9,12,18,25H,10-11H2,1-7H3,(H,22,27)(H,23,26)(H,24,28);2*1-2H3. The van der Waals surface area contributed by atoms with E-state index in [0.29, 0.717) is 5.69 Å². The third-order valence-corrected chi connectivity index (χ3v) is 4.17. The van der Waals surface area contributed by atoms with Gasteiger partial charge >= 0.3 is 6.09 Å². The lowest BCUT2D eigenvalue weighted by atomic mass is 10.0. The van der Waals surface area contributed by atoms with Crippen molar-refractivity contribution < 1.29 is 24.2 Å². The molecule has 1 rings (SSSR count). The van der Waals surface area contributed by atoms with Crippen molar-refractivity contribution in [1.82, 2.24) is 10.6 Å². The molecule has 0 radical (unpaired) electrons. The van der Waals surface area contributed by atoms with Gasteiger partial charge in [0, 0.05) is 5.69 Å². The lowest BCUT2D eigenvalue weighted by Gasteiger charge is -2.25. The molecule has 4 N–H and O–H groups in total. The van der Waals surface area contributed by atoms with Gasteiger partial charge in [-0.1, -0.05) is 47.6 Å². The van der Waals surface area contributed by atoms with E-state index in [0.717, 1.165) is 16.7 Å². The number of hydrogen-bond donors (Lipinski definition) is 4. The zero-order chi connectivity index (χ0) is 26.4. The molecule has 0 bridgehead atoms. The predicted octanol–water partition coefficient (Wildman–Crippen LogP) is 4.45. The third kappa shape index (κ3) is 12.9. The van der Waals surface area contributed by atoms with Crippen LogP contribution in [0.4, 0.5) is 10.5 Å². The minimum atomic E-state index is -0.828. The topological polar surface area (TPSA) is 117 Å². The summed E-state index contributed by atoms with van der Waals surface area (Å²) in [5, 5.41) is 17.2. The highest BCUT2D eigenvalue weighted by Gasteiger charge is 2.27. The molecule has 190 valence electrons. The number of carbonyl (C=O) groups excluding carboxylic acids is 3. The number of anilines is 1. The molecule has 8 nitrogen and oxygen atoms in total. The predicted molar refractivity (Wildman–Crippen MR) is 134 cm³/mol. The minimum absolute atomic E-state index is 0.0712. The molecule has 1 unspecified atom stereocenters. The first kappa shape index (κ1) is 32.6. The van der Waals surface area contributed by atoms with Crippen LogP contribution in [0.1, 0.15) is 79.0 Å². The zero-order valence-electron chi connectivity index (χ0n) is 22.3. The molecule has 0 saturated carbocycles. The highest BCUT2D eigenvalue weighted by atomic mass is 16.6. The summed E-state index contributed by atoms with van der Waals surface area (Å²) in [5.74, 6) is -1.05. The molecule has 0 aliphatic carbocycles. The molecule has 8 heteroatoms. The fraction of sp³-hybridized carbons (Fsp3) is 0.640. The summed E-state index contributed by atoms with van der Waals surface area (Å²) in [6, 6.07) is 2.76. The van der Waals surface area contributed by atoms with E-state index in [1.54, 1.807) is 40.7 Å². The first-order valence-electron chi connectivity index (χ1n) is 11.6. The number of alkyl carbamates (subject to hydrolysis) is 1. The molecule has 0 spiro atoms. The van der Waals surface area contributed by atoms with Crippen LogP contribution < -0.4 is 16.0 Å². The van der Waals surface area contributed by atoms with Gasteiger partial charge in [0.1, 0.15) is 11.6 Å². The molecule has 1 aromatic carbocycles. The van der Waals surface area contributed by atoms with E-state index < -0.39 is 29.6 Å². The second-order valence-corrected chi connectivity index (χ2v) is 8.39. The van der Waals surface area contributed by atoms with Gasteiger partial charge in [-0.2, -0.15) is 0 Å². The van der Waals surface area contributed by atoms with Gasteiger partial charge in [-0.3, -0.25) is 9.59 Å². The number of carbonyl (C=O) groups is 3. The van der Waals surface area contributed by atoms with Gasteiger partial charge in [0.25, 0.3) is 0 Å². The zero-order valence-corrected chi connectivity index (χ0v) is 22.3. The molecular formula is C25H45N3O5. The van der Waals surface area contributed by atoms with E-state index in [9.17, 15) is 19.5 Å². The molecular weight excluding hydrogens is 422 g/mol. The molecule has 0 aromatic heterocycles. The summed E-state index contributed by atoms with van der Waals surface area (Å²) in [6.07, 6.45) is -0.689. The average molecular weight is 468 g/mol. The largest absolute Gasteiger partial charge is 0.444 e. The minimum Gasteiger partial charge on any atom is -0.444 e. The Morgan fingerprint density at radius 1 is 1.00 bits per heavy atom. The Bertz CT molecular complexity index is 755. The first-order valence-corrected chi connectivity index (χ1v) is 11.6. The number of aliphatic hydroxyl groups is 1. The van der Waals surface area contributed by atoms with Gasteiger partial charge in [0.2, 0.25) is 11.8 Å². The normalized spacial score (nSPS) is 11.2. The summed E-state index contributed by atoms with van der Waals surface area (Å²) >= 11 is 0. The molecule has 0 fully saturated rings. The van der Waals surface area contributed by atoms with E-state index in [-0.39, 0.29) is 19.1 Å². The fourth-order valence-electron chi connectivity index (χ4n) is 2.62. The molecule has 0 saturated heterocycles. The van der Waals surface area contributed by atoms with E-state index >= 15 is 0 Å². The first-order chi connectivity index (χ1) is 15.3. The van der Waals surface area contributed by atoms with Crippen LogP contribution in [0.2, 0.25) is 0 Å². The van der Waals surface area contributed by atoms with Crippen LogP contribution in [0.15, 0.2) is 12.1 Å². The number of benzene rings is 1. The van der Waals surface area contributed by atoms with Crippen molar-refractivity contribution in [3.8, 4) is 0 Å². The second-order valence-electron chi connectivity index (χ2n) is 8.39. The number of nitrogens with one attached hydrogen (secondary N) is 3. The van der Waals surface area contributed by atoms with Gasteiger partial charge in [-0.05, 0) is 63.3 Å². The Labute approximate surface area is 199 Å². The van der Waals surface area contributed by atoms with Gasteiger partial charge < -0.3 is 25.8 Å². The van der Waals surface area contributed by atoms with Crippen molar-refractivity contribution in [1.29, 1.82) is 0 Å². The molecule has 1 aromatic rings. The lowest BCUT2D eigenvalue weighted by molar-refractivity contribution is -0.126. The van der Waals surface area contributed by atoms with E-state index in [1.807, 2.05) is 47.6 Å². The average Bonchev–Trinajstić information content (AvgIpc) is 2.74. The van der Waals surface area contributed by atoms with E-state index in [4.69, 9.17) is 4.74 Å². The summed E-state index contributed by atoms with van der Waals surface area (Å²) in [7, 11) is 0. The number of aryl methyl sites for hydroxylation is 2. The quantitative estimate of drug-likeness (QED) is 0.473. The van der Waals surface area contributed by atoms with Crippen LogP contribution in [-0.2, 0) is 20.9 Å². The number of aliphatic hydroxyl groups excluding tert-OH is 1. The van der Waals surface area contributed by atoms with Crippen LogP contribution in [0, 0.1) is 19.8 Å². The van der Waals surface area contributed by atoms with Gasteiger partial charge in [-0.25, -0.2) is 4.79 Å². The number of ether oxygens (including phenoxy) is 1. The Morgan fingerprint density at radius 3 is 2.00 bits per heavy atom. The summed E-state index contributed by atoms with van der Waals surface area (Å²) in [4.78, 5) is 36.7. The lowest BCUT2D eigenvalue weighted by Crippen LogP contribution is -2.52. The van der Waals surface area contributed by atoms with Crippen LogP contribution in [0.5, 0.6) is 0 Å². The van der Waals surface area contributed by atoms with E-state index in [2.05, 4.69) is 16.0 Å². The van der Waals surface area contributed by atoms with Crippen molar-refractivity contribution in [2.45, 2.75) is 94.4 Å². The number of rotatable bonds is 7. The Balaban J connectivity index is 0. The fourth-order valence-corrected chi connectivity index (χ4v) is 2.62. The van der Waals surface area contributed by atoms with Crippen molar-refractivity contribution in [3.63, 3.8) is 0 Å². The van der Waals surface area contributed by atoms with Crippen molar-refractivity contribution in [2.24, 2.45) is 5.92 Å². The van der Waals surface area contributed by atoms with Crippen LogP contribution >= 0.6 is 0 Å². The van der Waals surface area contributed by atoms with Crippen molar-refractivity contribution >= 4 is 23.6 Å². The van der Waals surface area contributed by atoms with Crippen LogP contribution in [0.25, 0.3) is 0 Å². The van der Waals surface area contributed by atoms with Crippen LogP contribution in [-0.4, -0.2) is 41.2 Å². The van der Waals surface area contributed by atoms with Gasteiger partial charge in [-0.15, -0.1) is 0 Å². The highest BCUT2D eigenvalue weighted by Crippen LogP contribution is 2.20. The SMILES string of the molecule is CC.CC.Cc1cc(NC(=O)CNC(=O)C(NC(=O)OC(C)(C)C)C(C)C)c(C)cc1CO. The maximum Gasteiger partial charge on any atom is 0.408 e. The molecule has 3 amide bonds. The maximum absolute atomic E-state index is 12.5. The summed E-state index contributed by atoms with van der Waals surface area (Å²) in [5.41, 5.74) is 2.40. The van der Waals surface area contributed by atoms with Crippen LogP contribution in [0.3, 0.4) is 0 Å². The summed E-state index contributed by atoms with van der Waals surface area (Å²) < 4.78 is 5.19. The monoisotopic (exact) mass is 467 g/mol. The molecule has 0 aliphatic heterocycles. The van der Waals surface area contributed by atoms with E-state index in [1.165, 1.54) is 0 Å². The highest BCUT2D eigenvalue weighted by molar-refractivity contribution is 5.96. The second kappa shape index (κ2) is 16.1. The smallest absolute Gasteiger partial charge is 0.408 e. The third-order valence-electron chi connectivity index (χ3n) is 4.17. The van der Waals surface area contributed by atoms with Gasteiger partial charge in [0.15, 0.2) is 0 Å². The Kier molecular flexibility index (Phi) is 15.9. The number of hydrogen-bond acceptors (Lipinski definition) is 5. The molecule has 1 atom stereocenters. The maximum atomic E-state index is 12.5. The van der Waals surface area contributed by atoms with Crippen molar-refractivity contribution in [2.75, 3.05) is 11.9 Å². The molecule has 0 heterocycles. The van der Waals surface area contributed by atoms with Gasteiger partial charge in [0.05, 0.1) is 13.2 Å². The molecule has 0 aliphatic rings. The number of amides is 3. The Morgan fingerprint density at radius 2 is 1.55 bits per heavy atom. The Hall–Kier alpha value is -2.61.